The van der Waals surface area contributed by atoms with Crippen LogP contribution in [0.25, 0.3) is 22.4 Å². The number of methoxy groups -OCH3 is 1. The van der Waals surface area contributed by atoms with E-state index < -0.39 is 0 Å². The first-order valence-electron chi connectivity index (χ1n) is 9.93. The monoisotopic (exact) mass is 378 g/mol. The van der Waals surface area contributed by atoms with Gasteiger partial charge in [-0.25, -0.2) is 4.98 Å². The summed E-state index contributed by atoms with van der Waals surface area (Å²) < 4.78 is 13.0. The maximum atomic E-state index is 12.7. The highest BCUT2D eigenvalue weighted by Crippen LogP contribution is 2.28. The third-order valence-corrected chi connectivity index (χ3v) is 5.48. The Balaban J connectivity index is 1.62. The number of esters is 1. The van der Waals surface area contributed by atoms with Crippen LogP contribution in [0.2, 0.25) is 0 Å². The van der Waals surface area contributed by atoms with Gasteiger partial charge >= 0.3 is 5.97 Å². The second-order valence-corrected chi connectivity index (χ2v) is 7.62. The molecule has 2 aromatic carbocycles. The molecule has 1 aromatic heterocycles. The SMILES string of the molecule is COc1ccc(-c2nc3ccccc3n2CC(=O)OC2CCCC(C)C2)cc1. The van der Waals surface area contributed by atoms with Crippen molar-refractivity contribution in [2.24, 2.45) is 5.92 Å². The summed E-state index contributed by atoms with van der Waals surface area (Å²) in [5.41, 5.74) is 2.74. The van der Waals surface area contributed by atoms with Crippen LogP contribution in [0.5, 0.6) is 5.75 Å². The van der Waals surface area contributed by atoms with Gasteiger partial charge < -0.3 is 14.0 Å². The molecule has 0 bridgehead atoms. The predicted octanol–water partition coefficient (Wildman–Crippen LogP) is 4.83. The van der Waals surface area contributed by atoms with Gasteiger partial charge in [-0.1, -0.05) is 25.5 Å². The molecule has 5 nitrogen and oxygen atoms in total. The molecule has 0 spiro atoms. The summed E-state index contributed by atoms with van der Waals surface area (Å²) in [4.78, 5) is 17.5. The third kappa shape index (κ3) is 3.88. The molecule has 0 N–H and O–H groups in total. The molecule has 5 heteroatoms. The molecule has 146 valence electrons. The topological polar surface area (TPSA) is 53.4 Å². The molecule has 1 aliphatic carbocycles. The van der Waals surface area contributed by atoms with Crippen LogP contribution in [0, 0.1) is 5.92 Å². The van der Waals surface area contributed by atoms with Crippen molar-refractivity contribution in [3.05, 3.63) is 48.5 Å². The molecule has 0 amide bonds. The lowest BCUT2D eigenvalue weighted by molar-refractivity contribution is -0.151. The first-order chi connectivity index (χ1) is 13.6. The molecule has 2 atom stereocenters. The van der Waals surface area contributed by atoms with Crippen LogP contribution in [-0.2, 0) is 16.1 Å². The lowest BCUT2D eigenvalue weighted by Gasteiger charge is -2.26. The number of para-hydroxylation sites is 2. The van der Waals surface area contributed by atoms with Gasteiger partial charge in [0.1, 0.15) is 24.2 Å². The summed E-state index contributed by atoms with van der Waals surface area (Å²) >= 11 is 0. The van der Waals surface area contributed by atoms with E-state index in [9.17, 15) is 4.79 Å². The van der Waals surface area contributed by atoms with E-state index in [0.717, 1.165) is 47.4 Å². The average molecular weight is 378 g/mol. The number of hydrogen-bond donors (Lipinski definition) is 0. The Bertz CT molecular complexity index is 962. The highest BCUT2D eigenvalue weighted by Gasteiger charge is 2.23. The average Bonchev–Trinajstić information content (AvgIpc) is 3.06. The Morgan fingerprint density at radius 3 is 2.68 bits per heavy atom. The number of carbonyl (C=O) groups excluding carboxylic acids is 1. The summed E-state index contributed by atoms with van der Waals surface area (Å²) in [5.74, 6) is 1.97. The highest BCUT2D eigenvalue weighted by molar-refractivity contribution is 5.83. The van der Waals surface area contributed by atoms with E-state index in [4.69, 9.17) is 14.5 Å². The molecule has 3 aromatic rings. The van der Waals surface area contributed by atoms with Crippen LogP contribution < -0.4 is 4.74 Å². The van der Waals surface area contributed by atoms with E-state index in [2.05, 4.69) is 6.92 Å². The Labute approximate surface area is 165 Å². The van der Waals surface area contributed by atoms with E-state index in [1.165, 1.54) is 6.42 Å². The quantitative estimate of drug-likeness (QED) is 0.597. The Morgan fingerprint density at radius 1 is 1.14 bits per heavy atom. The molecule has 4 rings (SSSR count). The largest absolute Gasteiger partial charge is 0.497 e. The minimum Gasteiger partial charge on any atom is -0.497 e. The van der Waals surface area contributed by atoms with E-state index in [1.807, 2.05) is 53.1 Å². The van der Waals surface area contributed by atoms with Crippen molar-refractivity contribution < 1.29 is 14.3 Å². The van der Waals surface area contributed by atoms with Gasteiger partial charge in [0.15, 0.2) is 0 Å². The number of benzene rings is 2. The normalized spacial score (nSPS) is 19.5. The molecule has 0 aliphatic heterocycles. The van der Waals surface area contributed by atoms with Crippen molar-refractivity contribution >= 4 is 17.0 Å². The standard InChI is InChI=1S/C23H26N2O3/c1-16-6-5-7-19(14-16)28-22(26)15-25-21-9-4-3-8-20(21)24-23(25)17-10-12-18(27-2)13-11-17/h3-4,8-13,16,19H,5-7,14-15H2,1-2H3. The zero-order valence-corrected chi connectivity index (χ0v) is 16.4. The fourth-order valence-corrected chi connectivity index (χ4v) is 4.03. The Kier molecular flexibility index (Phi) is 5.33. The van der Waals surface area contributed by atoms with Gasteiger partial charge in [0, 0.05) is 5.56 Å². The number of rotatable bonds is 5. The van der Waals surface area contributed by atoms with Crippen LogP contribution in [-0.4, -0.2) is 28.7 Å². The predicted molar refractivity (Wildman–Crippen MR) is 109 cm³/mol. The molecular weight excluding hydrogens is 352 g/mol. The first-order valence-corrected chi connectivity index (χ1v) is 9.93. The highest BCUT2D eigenvalue weighted by atomic mass is 16.5. The Hall–Kier alpha value is -2.82. The van der Waals surface area contributed by atoms with Crippen molar-refractivity contribution in [1.82, 2.24) is 9.55 Å². The minimum absolute atomic E-state index is 0.0375. The van der Waals surface area contributed by atoms with Gasteiger partial charge in [-0.2, -0.15) is 0 Å². The van der Waals surface area contributed by atoms with Gasteiger partial charge in [-0.3, -0.25) is 4.79 Å². The molecule has 28 heavy (non-hydrogen) atoms. The van der Waals surface area contributed by atoms with E-state index in [-0.39, 0.29) is 18.6 Å². The number of imidazole rings is 1. The molecule has 0 radical (unpaired) electrons. The van der Waals surface area contributed by atoms with Crippen LogP contribution >= 0.6 is 0 Å². The van der Waals surface area contributed by atoms with Crippen LogP contribution in [0.4, 0.5) is 0 Å². The van der Waals surface area contributed by atoms with Crippen molar-refractivity contribution in [3.8, 4) is 17.1 Å². The lowest BCUT2D eigenvalue weighted by Crippen LogP contribution is -2.26. The van der Waals surface area contributed by atoms with Crippen LogP contribution in [0.1, 0.15) is 32.6 Å². The molecule has 1 heterocycles. The summed E-state index contributed by atoms with van der Waals surface area (Å²) in [7, 11) is 1.65. The molecule has 1 saturated carbocycles. The van der Waals surface area contributed by atoms with E-state index in [0.29, 0.717) is 5.92 Å². The lowest BCUT2D eigenvalue weighted by atomic mass is 9.89. The fraction of sp³-hybridized carbons (Fsp3) is 0.391. The molecular formula is C23H26N2O3. The van der Waals surface area contributed by atoms with Crippen molar-refractivity contribution in [2.75, 3.05) is 7.11 Å². The van der Waals surface area contributed by atoms with Crippen LogP contribution in [0.15, 0.2) is 48.5 Å². The Morgan fingerprint density at radius 2 is 1.93 bits per heavy atom. The molecule has 2 unspecified atom stereocenters. The third-order valence-electron chi connectivity index (χ3n) is 5.48. The summed E-state index contributed by atoms with van der Waals surface area (Å²) in [5, 5.41) is 0. The van der Waals surface area contributed by atoms with E-state index >= 15 is 0 Å². The summed E-state index contributed by atoms with van der Waals surface area (Å²) in [6.45, 7) is 2.39. The van der Waals surface area contributed by atoms with Gasteiger partial charge in [0.05, 0.1) is 18.1 Å². The number of fused-ring (bicyclic) bond motifs is 1. The van der Waals surface area contributed by atoms with E-state index in [1.54, 1.807) is 7.11 Å². The van der Waals surface area contributed by atoms with Crippen molar-refractivity contribution in [2.45, 2.75) is 45.3 Å². The first kappa shape index (κ1) is 18.5. The minimum atomic E-state index is -0.197. The number of ether oxygens (including phenoxy) is 2. The zero-order chi connectivity index (χ0) is 19.5. The zero-order valence-electron chi connectivity index (χ0n) is 16.4. The van der Waals surface area contributed by atoms with Gasteiger partial charge in [0.2, 0.25) is 0 Å². The molecule has 1 fully saturated rings. The molecule has 1 aliphatic rings. The maximum Gasteiger partial charge on any atom is 0.326 e. The summed E-state index contributed by atoms with van der Waals surface area (Å²) in [6, 6.07) is 15.6. The number of aromatic nitrogens is 2. The second-order valence-electron chi connectivity index (χ2n) is 7.62. The molecule has 0 saturated heterocycles. The van der Waals surface area contributed by atoms with Gasteiger partial charge in [0.25, 0.3) is 0 Å². The summed E-state index contributed by atoms with van der Waals surface area (Å²) in [6.07, 6.45) is 4.32. The number of carbonyl (C=O) groups is 1. The fourth-order valence-electron chi connectivity index (χ4n) is 4.03. The van der Waals surface area contributed by atoms with Crippen molar-refractivity contribution in [3.63, 3.8) is 0 Å². The number of nitrogens with zero attached hydrogens (tertiary/aromatic N) is 2. The number of hydrogen-bond acceptors (Lipinski definition) is 4. The van der Waals surface area contributed by atoms with Crippen LogP contribution in [0.3, 0.4) is 0 Å². The smallest absolute Gasteiger partial charge is 0.326 e. The maximum absolute atomic E-state index is 12.7. The van der Waals surface area contributed by atoms with Gasteiger partial charge in [-0.05, 0) is 61.6 Å². The van der Waals surface area contributed by atoms with Crippen molar-refractivity contribution in [1.29, 1.82) is 0 Å². The van der Waals surface area contributed by atoms with Gasteiger partial charge in [-0.15, -0.1) is 0 Å². The second kappa shape index (κ2) is 8.05.